The molecule has 5 rings (SSSR count). The highest BCUT2D eigenvalue weighted by Gasteiger charge is 2.46. The molecule has 6 heteroatoms. The van der Waals surface area contributed by atoms with Gasteiger partial charge in [0.25, 0.3) is 0 Å². The van der Waals surface area contributed by atoms with Crippen molar-refractivity contribution in [2.24, 2.45) is 0 Å². The van der Waals surface area contributed by atoms with Crippen molar-refractivity contribution in [3.8, 4) is 11.3 Å². The monoisotopic (exact) mass is 401 g/mol. The smallest absolute Gasteiger partial charge is 0.321 e. The van der Waals surface area contributed by atoms with Crippen LogP contribution in [0.25, 0.3) is 11.3 Å². The summed E-state index contributed by atoms with van der Waals surface area (Å²) in [7, 11) is 2.19. The number of nitrogens with zero attached hydrogens (tertiary/aromatic N) is 4. The van der Waals surface area contributed by atoms with Crippen molar-refractivity contribution in [2.75, 3.05) is 32.0 Å². The molecule has 0 saturated carbocycles. The number of hydrogen-bond acceptors (Lipinski definition) is 3. The summed E-state index contributed by atoms with van der Waals surface area (Å²) in [6.45, 7) is 3.36. The van der Waals surface area contributed by atoms with Gasteiger partial charge in [0, 0.05) is 31.9 Å². The van der Waals surface area contributed by atoms with E-state index in [4.69, 9.17) is 4.98 Å². The van der Waals surface area contributed by atoms with Gasteiger partial charge in [-0.2, -0.15) is 0 Å². The van der Waals surface area contributed by atoms with Crippen LogP contribution in [0.2, 0.25) is 0 Å². The van der Waals surface area contributed by atoms with E-state index in [1.165, 1.54) is 11.3 Å². The van der Waals surface area contributed by atoms with Gasteiger partial charge in [-0.15, -0.1) is 0 Å². The van der Waals surface area contributed by atoms with E-state index in [2.05, 4.69) is 46.1 Å². The third-order valence-corrected chi connectivity index (χ3v) is 6.63. The van der Waals surface area contributed by atoms with Crippen molar-refractivity contribution >= 4 is 11.7 Å². The highest BCUT2D eigenvalue weighted by atomic mass is 16.2. The number of urea groups is 1. The summed E-state index contributed by atoms with van der Waals surface area (Å²) < 4.78 is 2.38. The zero-order chi connectivity index (χ0) is 20.6. The molecule has 1 fully saturated rings. The lowest BCUT2D eigenvalue weighted by Crippen LogP contribution is -2.57. The van der Waals surface area contributed by atoms with Gasteiger partial charge in [0.15, 0.2) is 0 Å². The zero-order valence-electron chi connectivity index (χ0n) is 17.3. The van der Waals surface area contributed by atoms with Gasteiger partial charge >= 0.3 is 6.03 Å². The molecule has 2 aromatic carbocycles. The molecule has 154 valence electrons. The quantitative estimate of drug-likeness (QED) is 0.706. The van der Waals surface area contributed by atoms with Gasteiger partial charge in [0.05, 0.1) is 17.4 Å². The lowest BCUT2D eigenvalue weighted by molar-refractivity contribution is 0.0201. The van der Waals surface area contributed by atoms with Crippen molar-refractivity contribution < 1.29 is 4.79 Å². The van der Waals surface area contributed by atoms with Crippen LogP contribution in [0.5, 0.6) is 0 Å². The standard InChI is InChI=1S/C24H27N5O/c1-27-16-17-29-21(19-8-4-2-5-9-19)18-25-22(29)24(27)12-14-28(15-13-24)23(30)26-20-10-6-3-7-11-20/h2-11,18H,12-17H2,1H3,(H,26,30). The zero-order valence-corrected chi connectivity index (χ0v) is 17.3. The van der Waals surface area contributed by atoms with Crippen LogP contribution in [0.3, 0.4) is 0 Å². The summed E-state index contributed by atoms with van der Waals surface area (Å²) in [6, 6.07) is 20.1. The molecule has 2 amide bonds. The Balaban J connectivity index is 1.36. The Morgan fingerprint density at radius 2 is 1.60 bits per heavy atom. The molecular weight excluding hydrogens is 374 g/mol. The van der Waals surface area contributed by atoms with Crippen LogP contribution in [0.4, 0.5) is 10.5 Å². The molecule has 1 aromatic heterocycles. The maximum absolute atomic E-state index is 12.7. The number of carbonyl (C=O) groups excluding carboxylic acids is 1. The Bertz CT molecular complexity index is 1020. The van der Waals surface area contributed by atoms with Crippen LogP contribution < -0.4 is 5.32 Å². The molecule has 30 heavy (non-hydrogen) atoms. The van der Waals surface area contributed by atoms with Crippen molar-refractivity contribution in [3.05, 3.63) is 72.7 Å². The van der Waals surface area contributed by atoms with E-state index < -0.39 is 0 Å². The summed E-state index contributed by atoms with van der Waals surface area (Å²) in [4.78, 5) is 22.0. The first kappa shape index (κ1) is 18.9. The van der Waals surface area contributed by atoms with Gasteiger partial charge in [-0.3, -0.25) is 4.90 Å². The molecule has 2 aliphatic rings. The fourth-order valence-electron chi connectivity index (χ4n) is 4.86. The second-order valence-corrected chi connectivity index (χ2v) is 8.22. The van der Waals surface area contributed by atoms with Crippen molar-refractivity contribution in [2.45, 2.75) is 24.9 Å². The van der Waals surface area contributed by atoms with Crippen LogP contribution in [-0.2, 0) is 12.1 Å². The summed E-state index contributed by atoms with van der Waals surface area (Å²) in [6.07, 6.45) is 3.79. The number of anilines is 1. The molecule has 0 unspecified atom stereocenters. The maximum atomic E-state index is 12.7. The summed E-state index contributed by atoms with van der Waals surface area (Å²) in [5, 5.41) is 3.01. The highest BCUT2D eigenvalue weighted by Crippen LogP contribution is 2.41. The van der Waals surface area contributed by atoms with Gasteiger partial charge in [-0.1, -0.05) is 48.5 Å². The van der Waals surface area contributed by atoms with E-state index in [0.29, 0.717) is 0 Å². The summed E-state index contributed by atoms with van der Waals surface area (Å²) >= 11 is 0. The summed E-state index contributed by atoms with van der Waals surface area (Å²) in [5.74, 6) is 1.14. The van der Waals surface area contributed by atoms with Gasteiger partial charge < -0.3 is 14.8 Å². The second kappa shape index (κ2) is 7.61. The number of rotatable bonds is 2. The number of imidazole rings is 1. The van der Waals surface area contributed by atoms with Crippen molar-refractivity contribution in [1.82, 2.24) is 19.4 Å². The highest BCUT2D eigenvalue weighted by molar-refractivity contribution is 5.89. The van der Waals surface area contributed by atoms with Crippen LogP contribution in [0.1, 0.15) is 18.7 Å². The van der Waals surface area contributed by atoms with Crippen molar-refractivity contribution in [3.63, 3.8) is 0 Å². The topological polar surface area (TPSA) is 53.4 Å². The van der Waals surface area contributed by atoms with Crippen LogP contribution >= 0.6 is 0 Å². The number of nitrogens with one attached hydrogen (secondary N) is 1. The van der Waals surface area contributed by atoms with Crippen LogP contribution in [-0.4, -0.2) is 52.1 Å². The number of para-hydroxylation sites is 1. The van der Waals surface area contributed by atoms with E-state index in [9.17, 15) is 4.79 Å². The Hall–Kier alpha value is -3.12. The number of piperidine rings is 1. The van der Waals surface area contributed by atoms with Gasteiger partial charge in [0.1, 0.15) is 5.82 Å². The normalized spacial score (nSPS) is 18.2. The average molecular weight is 402 g/mol. The van der Waals surface area contributed by atoms with E-state index in [1.54, 1.807) is 0 Å². The first-order valence-corrected chi connectivity index (χ1v) is 10.6. The summed E-state index contributed by atoms with van der Waals surface area (Å²) in [5.41, 5.74) is 3.10. The molecule has 1 spiro atoms. The number of likely N-dealkylation sites (tertiary alicyclic amines) is 1. The predicted octanol–water partition coefficient (Wildman–Crippen LogP) is 4.02. The Labute approximate surface area is 177 Å². The maximum Gasteiger partial charge on any atom is 0.321 e. The number of carbonyl (C=O) groups is 1. The first-order valence-electron chi connectivity index (χ1n) is 10.6. The third-order valence-electron chi connectivity index (χ3n) is 6.63. The molecule has 1 N–H and O–H groups in total. The molecular formula is C24H27N5O. The van der Waals surface area contributed by atoms with Crippen molar-refractivity contribution in [1.29, 1.82) is 0 Å². The molecule has 3 aromatic rings. The number of benzene rings is 2. The van der Waals surface area contributed by atoms with Gasteiger partial charge in [-0.05, 0) is 37.6 Å². The fraction of sp³-hybridized carbons (Fsp3) is 0.333. The van der Waals surface area contributed by atoms with E-state index in [0.717, 1.165) is 50.5 Å². The van der Waals surface area contributed by atoms with Gasteiger partial charge in [0.2, 0.25) is 0 Å². The molecule has 0 atom stereocenters. The second-order valence-electron chi connectivity index (χ2n) is 8.22. The molecule has 3 heterocycles. The van der Waals surface area contributed by atoms with Gasteiger partial charge in [-0.25, -0.2) is 9.78 Å². The number of fused-ring (bicyclic) bond motifs is 2. The largest absolute Gasteiger partial charge is 0.325 e. The minimum Gasteiger partial charge on any atom is -0.325 e. The minimum absolute atomic E-state index is 0.0252. The Kier molecular flexibility index (Phi) is 4.79. The molecule has 1 saturated heterocycles. The van der Waals surface area contributed by atoms with Crippen LogP contribution in [0, 0.1) is 0 Å². The lowest BCUT2D eigenvalue weighted by atomic mass is 9.83. The number of likely N-dealkylation sites (N-methyl/N-ethyl adjacent to an activating group) is 1. The molecule has 0 radical (unpaired) electrons. The van der Waals surface area contributed by atoms with E-state index in [1.807, 2.05) is 47.5 Å². The van der Waals surface area contributed by atoms with E-state index >= 15 is 0 Å². The van der Waals surface area contributed by atoms with E-state index in [-0.39, 0.29) is 11.6 Å². The third kappa shape index (κ3) is 3.17. The Morgan fingerprint density at radius 3 is 2.30 bits per heavy atom. The Morgan fingerprint density at radius 1 is 0.933 bits per heavy atom. The molecule has 2 aliphatic heterocycles. The molecule has 0 aliphatic carbocycles. The lowest BCUT2D eigenvalue weighted by Gasteiger charge is -2.49. The SMILES string of the molecule is CN1CCn2c(-c3ccccc3)cnc2C12CCN(C(=O)Nc1ccccc1)CC2. The number of hydrogen-bond donors (Lipinski definition) is 1. The fourth-order valence-corrected chi connectivity index (χ4v) is 4.86. The average Bonchev–Trinajstić information content (AvgIpc) is 3.23. The minimum atomic E-state index is -0.116. The number of aromatic nitrogens is 2. The first-order chi connectivity index (χ1) is 14.7. The predicted molar refractivity (Wildman–Crippen MR) is 118 cm³/mol. The number of amides is 2. The molecule has 6 nitrogen and oxygen atoms in total. The molecule has 0 bridgehead atoms. The van der Waals surface area contributed by atoms with Crippen LogP contribution in [0.15, 0.2) is 66.9 Å².